The molecule has 0 bridgehead atoms. The van der Waals surface area contributed by atoms with E-state index < -0.39 is 66.8 Å². The Morgan fingerprint density at radius 1 is 0.719 bits per heavy atom. The molecule has 302 valence electrons. The minimum atomic E-state index is -1.44. The second-order valence-electron chi connectivity index (χ2n) is 14.2. The lowest BCUT2D eigenvalue weighted by Gasteiger charge is -2.20. The Labute approximate surface area is 336 Å². The maximum atomic E-state index is 13.4. The van der Waals surface area contributed by atoms with Gasteiger partial charge in [-0.05, 0) is 100 Å². The lowest BCUT2D eigenvalue weighted by Crippen LogP contribution is -2.44. The summed E-state index contributed by atoms with van der Waals surface area (Å²) >= 11 is 2.57. The second-order valence-corrected chi connectivity index (χ2v) is 16.5. The van der Waals surface area contributed by atoms with E-state index in [4.69, 9.17) is 18.9 Å². The molecular formula is C40H43N3O12S2. The highest BCUT2D eigenvalue weighted by atomic mass is 32.1. The summed E-state index contributed by atoms with van der Waals surface area (Å²) < 4.78 is 20.9. The third-order valence-electron chi connectivity index (χ3n) is 10.1. The number of carbonyl (C=O) groups excluding carboxylic acids is 8. The predicted molar refractivity (Wildman–Crippen MR) is 208 cm³/mol. The average molecular weight is 822 g/mol. The first kappa shape index (κ1) is 41.2. The zero-order valence-corrected chi connectivity index (χ0v) is 33.8. The molecule has 3 atom stereocenters. The van der Waals surface area contributed by atoms with Gasteiger partial charge in [-0.25, -0.2) is 19.2 Å². The largest absolute Gasteiger partial charge is 0.462 e. The molecule has 3 unspecified atom stereocenters. The van der Waals surface area contributed by atoms with Crippen molar-refractivity contribution in [3.63, 3.8) is 0 Å². The van der Waals surface area contributed by atoms with Crippen LogP contribution in [0, 0.1) is 11.8 Å². The minimum Gasteiger partial charge on any atom is -0.462 e. The number of imide groups is 1. The lowest BCUT2D eigenvalue weighted by molar-refractivity contribution is -0.150. The first-order chi connectivity index (χ1) is 27.2. The van der Waals surface area contributed by atoms with Crippen LogP contribution in [0.4, 0.5) is 10.0 Å². The zero-order chi connectivity index (χ0) is 41.1. The lowest BCUT2D eigenvalue weighted by atomic mass is 9.88. The maximum Gasteiger partial charge on any atom is 0.341 e. The summed E-state index contributed by atoms with van der Waals surface area (Å²) in [7, 11) is 0. The van der Waals surface area contributed by atoms with Gasteiger partial charge in [0.25, 0.3) is 23.6 Å². The highest BCUT2D eigenvalue weighted by molar-refractivity contribution is 7.17. The molecule has 3 aliphatic rings. The molecule has 2 aliphatic carbocycles. The van der Waals surface area contributed by atoms with E-state index >= 15 is 0 Å². The predicted octanol–water partition coefficient (Wildman–Crippen LogP) is 5.37. The molecule has 2 aromatic heterocycles. The van der Waals surface area contributed by atoms with E-state index in [0.29, 0.717) is 50.7 Å². The number of esters is 4. The molecule has 0 fully saturated rings. The average Bonchev–Trinajstić information content (AvgIpc) is 3.79. The molecule has 1 aromatic carbocycles. The first-order valence-corrected chi connectivity index (χ1v) is 20.4. The number of benzene rings is 1. The number of amides is 4. The number of anilines is 2. The summed E-state index contributed by atoms with van der Waals surface area (Å²) in [6.45, 7) is 7.73. The van der Waals surface area contributed by atoms with Crippen molar-refractivity contribution in [2.45, 2.75) is 79.2 Å². The number of ether oxygens (including phenoxy) is 4. The van der Waals surface area contributed by atoms with E-state index in [1.165, 1.54) is 41.7 Å². The van der Waals surface area contributed by atoms with Gasteiger partial charge in [0, 0.05) is 9.75 Å². The molecule has 17 heteroatoms. The Kier molecular flexibility index (Phi) is 12.6. The van der Waals surface area contributed by atoms with Crippen LogP contribution in [0.3, 0.4) is 0 Å². The van der Waals surface area contributed by atoms with Crippen molar-refractivity contribution < 1.29 is 57.3 Å². The molecule has 2 N–H and O–H groups in total. The monoisotopic (exact) mass is 821 g/mol. The Hall–Kier alpha value is -5.42. The molecule has 4 amide bonds. The number of carbonyl (C=O) groups is 8. The molecule has 15 nitrogen and oxygen atoms in total. The molecule has 3 aromatic rings. The Bertz CT molecular complexity index is 2170. The van der Waals surface area contributed by atoms with Crippen molar-refractivity contribution in [3.8, 4) is 0 Å². The van der Waals surface area contributed by atoms with Crippen LogP contribution < -0.4 is 10.6 Å². The summed E-state index contributed by atoms with van der Waals surface area (Å²) in [6.07, 6.45) is 4.65. The van der Waals surface area contributed by atoms with Gasteiger partial charge < -0.3 is 29.6 Å². The van der Waals surface area contributed by atoms with E-state index in [9.17, 15) is 38.4 Å². The van der Waals surface area contributed by atoms with Crippen molar-refractivity contribution in [3.05, 3.63) is 66.9 Å². The van der Waals surface area contributed by atoms with E-state index in [0.717, 1.165) is 52.6 Å². The number of fused-ring (bicyclic) bond motifs is 3. The first-order valence-electron chi connectivity index (χ1n) is 18.8. The Morgan fingerprint density at radius 2 is 1.21 bits per heavy atom. The maximum absolute atomic E-state index is 13.4. The number of thiophene rings is 2. The summed E-state index contributed by atoms with van der Waals surface area (Å²) in [6, 6.07) is 2.18. The van der Waals surface area contributed by atoms with E-state index in [-0.39, 0.29) is 29.9 Å². The van der Waals surface area contributed by atoms with Gasteiger partial charge in [0.15, 0.2) is 13.2 Å². The number of nitrogens with one attached hydrogen (secondary N) is 2. The van der Waals surface area contributed by atoms with Gasteiger partial charge in [-0.15, -0.1) is 22.7 Å². The van der Waals surface area contributed by atoms with Gasteiger partial charge in [0.2, 0.25) is 0 Å². The number of hydrogen-bond acceptors (Lipinski definition) is 14. The fraction of sp³-hybridized carbons (Fsp3) is 0.450. The fourth-order valence-corrected chi connectivity index (χ4v) is 9.99. The van der Waals surface area contributed by atoms with Crippen molar-refractivity contribution in [2.24, 2.45) is 11.8 Å². The molecule has 6 rings (SSSR count). The summed E-state index contributed by atoms with van der Waals surface area (Å²) in [5.41, 5.74) is 1.94. The topological polar surface area (TPSA) is 201 Å². The molecule has 0 spiro atoms. The number of nitrogens with zero attached hydrogens (tertiary/aromatic N) is 1. The molecular weight excluding hydrogens is 779 g/mol. The number of hydrogen-bond donors (Lipinski definition) is 2. The molecule has 0 saturated carbocycles. The third-order valence-corrected chi connectivity index (χ3v) is 12.4. The summed E-state index contributed by atoms with van der Waals surface area (Å²) in [5.74, 6) is -5.35. The van der Waals surface area contributed by atoms with Crippen molar-refractivity contribution >= 4 is 80.2 Å². The van der Waals surface area contributed by atoms with Gasteiger partial charge >= 0.3 is 23.9 Å². The van der Waals surface area contributed by atoms with Gasteiger partial charge in [0.1, 0.15) is 16.0 Å². The van der Waals surface area contributed by atoms with E-state index in [1.807, 2.05) is 0 Å². The fourth-order valence-electron chi connectivity index (χ4n) is 7.16. The standard InChI is InChI=1S/C40H43N3O12S2/c1-6-52-39(50)31-24-11-8-19(3)14-27(24)56-33(31)41-29(44)17-54-37(48)21(5)43-35(46)23-13-10-22(16-26(23)36(43)47)38(49)55-18-30(45)42-34-32(40(51)53-7-2)25-12-9-20(4)15-28(25)57-34/h10,13,16,19-21H,6-9,11-12,14-15,17-18H2,1-5H3,(H,41,44)(H,42,45). The van der Waals surface area contributed by atoms with Crippen LogP contribution in [0.2, 0.25) is 0 Å². The molecule has 0 radical (unpaired) electrons. The molecule has 57 heavy (non-hydrogen) atoms. The zero-order valence-electron chi connectivity index (χ0n) is 32.2. The summed E-state index contributed by atoms with van der Waals surface area (Å²) in [4.78, 5) is 107. The van der Waals surface area contributed by atoms with Crippen molar-refractivity contribution in [1.82, 2.24) is 4.90 Å². The van der Waals surface area contributed by atoms with Gasteiger partial charge in [-0.3, -0.25) is 24.1 Å². The smallest absolute Gasteiger partial charge is 0.341 e. The SMILES string of the molecule is CCOC(=O)c1c(NC(=O)COC(=O)c2ccc3c(c2)C(=O)N(C(C)C(=O)OCC(=O)Nc2sc4c(c2C(=O)OCC)CCC(C)C4)C3=O)sc2c1CCC(C)C2. The normalized spacial score (nSPS) is 17.5. The third kappa shape index (κ3) is 8.63. The van der Waals surface area contributed by atoms with Crippen molar-refractivity contribution in [1.29, 1.82) is 0 Å². The molecule has 0 saturated heterocycles. The minimum absolute atomic E-state index is 0.0726. The van der Waals surface area contributed by atoms with Crippen LogP contribution in [0.25, 0.3) is 0 Å². The van der Waals surface area contributed by atoms with Gasteiger partial charge in [0.05, 0.1) is 41.0 Å². The van der Waals surface area contributed by atoms with Crippen LogP contribution in [0.15, 0.2) is 18.2 Å². The van der Waals surface area contributed by atoms with Crippen LogP contribution in [0.1, 0.15) is 120 Å². The van der Waals surface area contributed by atoms with E-state index in [2.05, 4.69) is 24.5 Å². The Balaban J connectivity index is 1.05. The highest BCUT2D eigenvalue weighted by Crippen LogP contribution is 2.41. The quantitative estimate of drug-likeness (QED) is 0.127. The van der Waals surface area contributed by atoms with Crippen LogP contribution in [-0.2, 0) is 59.0 Å². The number of rotatable bonds is 13. The van der Waals surface area contributed by atoms with Gasteiger partial charge in [-0.1, -0.05) is 13.8 Å². The van der Waals surface area contributed by atoms with Gasteiger partial charge in [-0.2, -0.15) is 0 Å². The van der Waals surface area contributed by atoms with E-state index in [1.54, 1.807) is 13.8 Å². The summed E-state index contributed by atoms with van der Waals surface area (Å²) in [5, 5.41) is 5.95. The van der Waals surface area contributed by atoms with Crippen LogP contribution in [-0.4, -0.2) is 84.9 Å². The van der Waals surface area contributed by atoms with Crippen molar-refractivity contribution in [2.75, 3.05) is 37.1 Å². The highest BCUT2D eigenvalue weighted by Gasteiger charge is 2.42. The molecule has 1 aliphatic heterocycles. The van der Waals surface area contributed by atoms with Crippen LogP contribution >= 0.6 is 22.7 Å². The Morgan fingerprint density at radius 3 is 1.72 bits per heavy atom. The molecule has 3 heterocycles. The second kappa shape index (κ2) is 17.4. The van der Waals surface area contributed by atoms with Crippen LogP contribution in [0.5, 0.6) is 0 Å².